The number of hydrogen-bond donors (Lipinski definition) is 6. The number of hydrogen-bond acceptors (Lipinski definition) is 13. The smallest absolute Gasteiger partial charge is 0.422 e. The summed E-state index contributed by atoms with van der Waals surface area (Å²) in [5.41, 5.74) is -1.18. The topological polar surface area (TPSA) is 233 Å². The van der Waals surface area contributed by atoms with Crippen LogP contribution in [0.25, 0.3) is 0 Å². The molecule has 0 fully saturated rings. The summed E-state index contributed by atoms with van der Waals surface area (Å²) in [5.74, 6) is -1.39. The number of nitrogens with one attached hydrogen (secondary N) is 6. The van der Waals surface area contributed by atoms with Crippen LogP contribution in [0, 0.1) is 5.41 Å². The Kier molecular flexibility index (Phi) is 14.8. The van der Waals surface area contributed by atoms with Crippen LogP contribution in [0.1, 0.15) is 83.8 Å². The number of rotatable bonds is 13. The van der Waals surface area contributed by atoms with Gasteiger partial charge in [0, 0.05) is 40.1 Å². The van der Waals surface area contributed by atoms with Crippen LogP contribution in [0.2, 0.25) is 5.02 Å². The van der Waals surface area contributed by atoms with E-state index < -0.39 is 57.7 Å². The van der Waals surface area contributed by atoms with E-state index in [9.17, 15) is 27.6 Å². The zero-order valence-electron chi connectivity index (χ0n) is 33.4. The van der Waals surface area contributed by atoms with Gasteiger partial charge in [0.1, 0.15) is 22.6 Å². The standard InChI is InChI=1S/C38H49ClN6O11S/c1-36(2,3)54-30(46)21-53-31-23(17-26(19-29(31)52-10)44-57(50,51)45-35(49)56-38(7,8)9)20-41-28-16-13-24(39)18-27(28)33(47)42-25-14-11-22(12-15-25)32(40)43-34(48)55-37(4,5)6/h11-19,41,44H,20-21H2,1-10H3,(H,42,47)(H,45,49)(H2,40,43,48). The molecule has 3 amide bonds. The van der Waals surface area contributed by atoms with Crippen molar-refractivity contribution in [2.75, 3.05) is 29.1 Å². The fourth-order valence-electron chi connectivity index (χ4n) is 4.70. The first kappa shape index (κ1) is 45.6. The van der Waals surface area contributed by atoms with Crippen LogP contribution >= 0.6 is 11.6 Å². The molecule has 6 N–H and O–H groups in total. The lowest BCUT2D eigenvalue weighted by atomic mass is 10.1. The Hall–Kier alpha value is -5.75. The number of methoxy groups -OCH3 is 1. The number of benzene rings is 3. The van der Waals surface area contributed by atoms with E-state index in [0.717, 1.165) is 0 Å². The van der Waals surface area contributed by atoms with Crippen molar-refractivity contribution in [3.8, 4) is 11.5 Å². The van der Waals surface area contributed by atoms with Gasteiger partial charge in [-0.25, -0.2) is 19.1 Å². The van der Waals surface area contributed by atoms with Gasteiger partial charge >= 0.3 is 28.4 Å². The number of carbonyl (C=O) groups is 4. The van der Waals surface area contributed by atoms with Gasteiger partial charge in [0.25, 0.3) is 5.91 Å². The van der Waals surface area contributed by atoms with Gasteiger partial charge < -0.3 is 34.3 Å². The fraction of sp³-hybridized carbons (Fsp3) is 0.395. The van der Waals surface area contributed by atoms with Crippen molar-refractivity contribution in [2.45, 2.75) is 85.7 Å². The van der Waals surface area contributed by atoms with Crippen LogP contribution in [0.5, 0.6) is 11.5 Å². The van der Waals surface area contributed by atoms with Gasteiger partial charge in [0.2, 0.25) is 0 Å². The molecule has 0 aliphatic heterocycles. The number of amidine groups is 1. The molecule has 19 heteroatoms. The van der Waals surface area contributed by atoms with Gasteiger partial charge in [-0.3, -0.25) is 20.2 Å². The third kappa shape index (κ3) is 15.7. The summed E-state index contributed by atoms with van der Waals surface area (Å²) in [6.45, 7) is 14.2. The summed E-state index contributed by atoms with van der Waals surface area (Å²) in [6, 6.07) is 13.3. The molecule has 0 aliphatic rings. The van der Waals surface area contributed by atoms with Crippen molar-refractivity contribution in [1.29, 1.82) is 5.41 Å². The zero-order valence-corrected chi connectivity index (χ0v) is 35.0. The molecule has 0 aromatic heterocycles. The second kappa shape index (κ2) is 18.5. The number of amides is 3. The Bertz CT molecular complexity index is 2090. The van der Waals surface area contributed by atoms with Crippen molar-refractivity contribution < 1.29 is 51.3 Å². The van der Waals surface area contributed by atoms with Crippen LogP contribution in [-0.4, -0.2) is 68.8 Å². The molecule has 17 nitrogen and oxygen atoms in total. The quantitative estimate of drug-likeness (QED) is 0.0444. The number of ether oxygens (including phenoxy) is 5. The Balaban J connectivity index is 1.90. The lowest BCUT2D eigenvalue weighted by molar-refractivity contribution is -0.157. The summed E-state index contributed by atoms with van der Waals surface area (Å²) in [6.07, 6.45) is -1.99. The highest BCUT2D eigenvalue weighted by atomic mass is 35.5. The molecule has 3 aromatic carbocycles. The Labute approximate surface area is 337 Å². The van der Waals surface area contributed by atoms with E-state index in [1.54, 1.807) is 91.3 Å². The van der Waals surface area contributed by atoms with E-state index in [1.807, 2.05) is 0 Å². The third-order valence-electron chi connectivity index (χ3n) is 6.73. The van der Waals surface area contributed by atoms with Gasteiger partial charge in [0.05, 0.1) is 18.4 Å². The van der Waals surface area contributed by atoms with Gasteiger partial charge in [0.15, 0.2) is 18.1 Å². The summed E-state index contributed by atoms with van der Waals surface area (Å²) >= 11 is 6.29. The molecule has 0 saturated carbocycles. The minimum absolute atomic E-state index is 0.0136. The largest absolute Gasteiger partial charge is 0.493 e. The molecule has 310 valence electrons. The lowest BCUT2D eigenvalue weighted by Crippen LogP contribution is -2.39. The van der Waals surface area contributed by atoms with Crippen molar-refractivity contribution in [1.82, 2.24) is 10.0 Å². The van der Waals surface area contributed by atoms with Crippen LogP contribution < -0.4 is 34.9 Å². The van der Waals surface area contributed by atoms with E-state index in [1.165, 1.54) is 37.4 Å². The molecule has 0 atom stereocenters. The van der Waals surface area contributed by atoms with Gasteiger partial charge in [-0.15, -0.1) is 0 Å². The summed E-state index contributed by atoms with van der Waals surface area (Å²) in [7, 11) is -3.21. The molecule has 0 heterocycles. The number of halogens is 1. The Morgan fingerprint density at radius 1 is 0.772 bits per heavy atom. The van der Waals surface area contributed by atoms with E-state index >= 15 is 0 Å². The maximum atomic E-state index is 13.6. The number of esters is 1. The Morgan fingerprint density at radius 3 is 1.95 bits per heavy atom. The highest BCUT2D eigenvalue weighted by Gasteiger charge is 2.25. The van der Waals surface area contributed by atoms with Crippen LogP contribution in [-0.2, 0) is 35.8 Å². The summed E-state index contributed by atoms with van der Waals surface area (Å²) < 4.78 is 56.8. The third-order valence-corrected chi connectivity index (χ3v) is 7.90. The molecule has 0 radical (unpaired) electrons. The zero-order chi connectivity index (χ0) is 42.9. The van der Waals surface area contributed by atoms with E-state index in [0.29, 0.717) is 16.9 Å². The molecule has 0 spiro atoms. The first-order valence-electron chi connectivity index (χ1n) is 17.4. The molecule has 0 bridgehead atoms. The first-order chi connectivity index (χ1) is 26.2. The lowest BCUT2D eigenvalue weighted by Gasteiger charge is -2.22. The first-order valence-corrected chi connectivity index (χ1v) is 19.2. The summed E-state index contributed by atoms with van der Waals surface area (Å²) in [4.78, 5) is 50.5. The minimum Gasteiger partial charge on any atom is -0.493 e. The second-order valence-corrected chi connectivity index (χ2v) is 17.2. The normalized spacial score (nSPS) is 11.7. The molecule has 0 unspecified atom stereocenters. The number of anilines is 3. The van der Waals surface area contributed by atoms with Crippen molar-refractivity contribution in [2.24, 2.45) is 0 Å². The molecular weight excluding hydrogens is 784 g/mol. The van der Waals surface area contributed by atoms with Crippen LogP contribution in [0.4, 0.5) is 26.7 Å². The van der Waals surface area contributed by atoms with Crippen LogP contribution in [0.3, 0.4) is 0 Å². The Morgan fingerprint density at radius 2 is 1.37 bits per heavy atom. The molecule has 57 heavy (non-hydrogen) atoms. The number of alkyl carbamates (subject to hydrolysis) is 1. The second-order valence-electron chi connectivity index (χ2n) is 15.3. The SMILES string of the molecule is COc1cc(NS(=O)(=O)NC(=O)OC(C)(C)C)cc(CNc2ccc(Cl)cc2C(=O)Nc2ccc(C(=N)NC(=O)OC(C)(C)C)cc2)c1OCC(=O)OC(C)(C)C. The maximum Gasteiger partial charge on any atom is 0.422 e. The van der Waals surface area contributed by atoms with E-state index in [-0.39, 0.29) is 45.7 Å². The van der Waals surface area contributed by atoms with Crippen molar-refractivity contribution >= 4 is 68.8 Å². The van der Waals surface area contributed by atoms with Gasteiger partial charge in [-0.1, -0.05) is 11.6 Å². The minimum atomic E-state index is -4.52. The average molecular weight is 833 g/mol. The molecule has 0 aliphatic carbocycles. The van der Waals surface area contributed by atoms with Crippen LogP contribution in [0.15, 0.2) is 54.6 Å². The maximum absolute atomic E-state index is 13.6. The average Bonchev–Trinajstić information content (AvgIpc) is 3.04. The predicted octanol–water partition coefficient (Wildman–Crippen LogP) is 6.96. The number of carbonyl (C=O) groups excluding carboxylic acids is 4. The highest BCUT2D eigenvalue weighted by molar-refractivity contribution is 7.91. The van der Waals surface area contributed by atoms with Gasteiger partial charge in [-0.05, 0) is 111 Å². The molecule has 3 rings (SSSR count). The fourth-order valence-corrected chi connectivity index (χ4v) is 5.61. The monoisotopic (exact) mass is 832 g/mol. The van der Waals surface area contributed by atoms with Gasteiger partial charge in [-0.2, -0.15) is 8.42 Å². The van der Waals surface area contributed by atoms with Crippen molar-refractivity contribution in [3.63, 3.8) is 0 Å². The molecule has 0 saturated heterocycles. The molecule has 3 aromatic rings. The predicted molar refractivity (Wildman–Crippen MR) is 216 cm³/mol. The van der Waals surface area contributed by atoms with E-state index in [4.69, 9.17) is 40.7 Å². The highest BCUT2D eigenvalue weighted by Crippen LogP contribution is 2.36. The van der Waals surface area contributed by atoms with Crippen molar-refractivity contribution in [3.05, 3.63) is 76.3 Å². The van der Waals surface area contributed by atoms with E-state index in [2.05, 4.69) is 20.7 Å². The summed E-state index contributed by atoms with van der Waals surface area (Å²) in [5, 5.41) is 16.7. The molecular formula is C38H49ClN6O11S.